The molecule has 2 rings (SSSR count). The average Bonchev–Trinajstić information content (AvgIpc) is 2.57. The Morgan fingerprint density at radius 2 is 1.88 bits per heavy atom. The molecule has 0 saturated heterocycles. The number of carbonyl (C=O) groups excluding carboxylic acids is 1. The van der Waals surface area contributed by atoms with Crippen LogP contribution in [-0.4, -0.2) is 20.9 Å². The van der Waals surface area contributed by atoms with Crippen molar-refractivity contribution in [1.29, 1.82) is 5.26 Å². The lowest BCUT2D eigenvalue weighted by molar-refractivity contribution is 0.102. The fraction of sp³-hybridized carbons (Fsp3) is 0.125. The van der Waals surface area contributed by atoms with Gasteiger partial charge in [0.2, 0.25) is 10.0 Å². The molecule has 130 valence electrons. The van der Waals surface area contributed by atoms with Crippen LogP contribution in [0, 0.1) is 17.1 Å². The molecule has 0 fully saturated rings. The number of nitrogens with one attached hydrogen (secondary N) is 2. The lowest BCUT2D eigenvalue weighted by atomic mass is 10.2. The fourth-order valence-electron chi connectivity index (χ4n) is 1.90. The van der Waals surface area contributed by atoms with E-state index >= 15 is 0 Å². The summed E-state index contributed by atoms with van der Waals surface area (Å²) in [6, 6.07) is 11.0. The molecule has 0 bridgehead atoms. The number of nitrogens with zero attached hydrogens (tertiary/aromatic N) is 1. The van der Waals surface area contributed by atoms with Gasteiger partial charge in [-0.15, -0.1) is 0 Å². The van der Waals surface area contributed by atoms with E-state index < -0.39 is 21.7 Å². The molecule has 0 aliphatic rings. The number of carbonyl (C=O) groups is 1. The molecule has 0 aliphatic heterocycles. The Morgan fingerprint density at radius 1 is 1.20 bits per heavy atom. The van der Waals surface area contributed by atoms with Gasteiger partial charge in [0.05, 0.1) is 16.7 Å². The first-order chi connectivity index (χ1) is 11.8. The van der Waals surface area contributed by atoms with Gasteiger partial charge < -0.3 is 5.32 Å². The maximum atomic E-state index is 13.1. The van der Waals surface area contributed by atoms with Crippen LogP contribution in [0.5, 0.6) is 0 Å². The Morgan fingerprint density at radius 3 is 2.48 bits per heavy atom. The van der Waals surface area contributed by atoms with Gasteiger partial charge in [0.1, 0.15) is 5.82 Å². The number of halogens is 2. The Balaban J connectivity index is 2.11. The zero-order chi connectivity index (χ0) is 18.4. The molecule has 0 heterocycles. The molecule has 6 nitrogen and oxygen atoms in total. The van der Waals surface area contributed by atoms with Crippen LogP contribution in [0.25, 0.3) is 0 Å². The second-order valence-electron chi connectivity index (χ2n) is 4.91. The normalized spacial score (nSPS) is 10.9. The van der Waals surface area contributed by atoms with E-state index in [4.69, 9.17) is 5.26 Å². The molecule has 0 saturated carbocycles. The minimum Gasteiger partial charge on any atom is -0.321 e. The molecular weight excluding hydrogens is 413 g/mol. The molecule has 0 spiro atoms. The Hall–Kier alpha value is -2.28. The van der Waals surface area contributed by atoms with Gasteiger partial charge in [-0.25, -0.2) is 17.5 Å². The van der Waals surface area contributed by atoms with E-state index in [0.717, 1.165) is 0 Å². The van der Waals surface area contributed by atoms with Crippen LogP contribution in [0.15, 0.2) is 51.8 Å². The summed E-state index contributed by atoms with van der Waals surface area (Å²) in [6.45, 7) is 0.0136. The lowest BCUT2D eigenvalue weighted by Gasteiger charge is -2.09. The SMILES string of the molecule is N#CCCNS(=O)(=O)c1ccc(C(=O)Nc2ccc(F)cc2Br)cc1. The number of nitriles is 1. The number of anilines is 1. The standard InChI is InChI=1S/C16H13BrFN3O3S/c17-14-10-12(18)4-7-15(14)21-16(22)11-2-5-13(6-3-11)25(23,24)20-9-1-8-19/h2-7,10,20H,1,9H2,(H,21,22). The average molecular weight is 426 g/mol. The summed E-state index contributed by atoms with van der Waals surface area (Å²) < 4.78 is 39.7. The summed E-state index contributed by atoms with van der Waals surface area (Å²) in [5.41, 5.74) is 0.633. The van der Waals surface area contributed by atoms with E-state index in [1.54, 1.807) is 0 Å². The van der Waals surface area contributed by atoms with E-state index in [2.05, 4.69) is 26.0 Å². The van der Waals surface area contributed by atoms with Crippen LogP contribution < -0.4 is 10.0 Å². The fourth-order valence-corrected chi connectivity index (χ4v) is 3.38. The predicted molar refractivity (Wildman–Crippen MR) is 93.9 cm³/mol. The first-order valence-corrected chi connectivity index (χ1v) is 9.34. The number of rotatable bonds is 6. The minimum atomic E-state index is -3.73. The van der Waals surface area contributed by atoms with Crippen LogP contribution in [0.4, 0.5) is 10.1 Å². The zero-order valence-corrected chi connectivity index (χ0v) is 15.2. The predicted octanol–water partition coefficient (Wildman–Crippen LogP) is 3.03. The van der Waals surface area contributed by atoms with E-state index in [9.17, 15) is 17.6 Å². The molecule has 0 radical (unpaired) electrons. The first kappa shape index (κ1) is 19.1. The third-order valence-corrected chi connectivity index (χ3v) is 5.27. The zero-order valence-electron chi connectivity index (χ0n) is 12.8. The lowest BCUT2D eigenvalue weighted by Crippen LogP contribution is -2.24. The second-order valence-corrected chi connectivity index (χ2v) is 7.53. The van der Waals surface area contributed by atoms with Crippen molar-refractivity contribution in [2.75, 3.05) is 11.9 Å². The second kappa shape index (κ2) is 8.20. The van der Waals surface area contributed by atoms with Gasteiger partial charge >= 0.3 is 0 Å². The van der Waals surface area contributed by atoms with Gasteiger partial charge in [-0.1, -0.05) is 0 Å². The van der Waals surface area contributed by atoms with Crippen molar-refractivity contribution in [3.8, 4) is 6.07 Å². The van der Waals surface area contributed by atoms with Crippen LogP contribution in [0.3, 0.4) is 0 Å². The number of amides is 1. The molecule has 2 aromatic rings. The first-order valence-electron chi connectivity index (χ1n) is 7.06. The molecule has 0 atom stereocenters. The van der Waals surface area contributed by atoms with Crippen molar-refractivity contribution in [1.82, 2.24) is 4.72 Å². The van der Waals surface area contributed by atoms with Crippen molar-refractivity contribution in [3.63, 3.8) is 0 Å². The van der Waals surface area contributed by atoms with Gasteiger partial charge in [-0.05, 0) is 58.4 Å². The Bertz CT molecular complexity index is 925. The maximum absolute atomic E-state index is 13.1. The monoisotopic (exact) mass is 425 g/mol. The van der Waals surface area contributed by atoms with Crippen molar-refractivity contribution >= 4 is 37.5 Å². The maximum Gasteiger partial charge on any atom is 0.255 e. The summed E-state index contributed by atoms with van der Waals surface area (Å²) in [5.74, 6) is -0.906. The van der Waals surface area contributed by atoms with Gasteiger partial charge in [0.15, 0.2) is 0 Å². The molecule has 0 unspecified atom stereocenters. The summed E-state index contributed by atoms with van der Waals surface area (Å²) in [6.07, 6.45) is 0.0618. The van der Waals surface area contributed by atoms with Crippen molar-refractivity contribution in [2.24, 2.45) is 0 Å². The largest absolute Gasteiger partial charge is 0.321 e. The van der Waals surface area contributed by atoms with Crippen molar-refractivity contribution < 1.29 is 17.6 Å². The molecule has 0 aliphatic carbocycles. The van der Waals surface area contributed by atoms with Gasteiger partial charge in [-0.2, -0.15) is 5.26 Å². The summed E-state index contributed by atoms with van der Waals surface area (Å²) >= 11 is 3.15. The highest BCUT2D eigenvalue weighted by atomic mass is 79.9. The Labute approximate surface area is 152 Å². The van der Waals surface area contributed by atoms with E-state index in [1.165, 1.54) is 42.5 Å². The number of hydrogen-bond acceptors (Lipinski definition) is 4. The van der Waals surface area contributed by atoms with Crippen molar-refractivity contribution in [3.05, 3.63) is 58.3 Å². The molecule has 0 aromatic heterocycles. The van der Waals surface area contributed by atoms with Crippen LogP contribution in [0.2, 0.25) is 0 Å². The third-order valence-electron chi connectivity index (χ3n) is 3.14. The van der Waals surface area contributed by atoms with E-state index in [-0.39, 0.29) is 23.4 Å². The van der Waals surface area contributed by atoms with Gasteiger partial charge in [0, 0.05) is 23.0 Å². The Kier molecular flexibility index (Phi) is 6.25. The molecule has 9 heteroatoms. The minimum absolute atomic E-state index is 0.00930. The summed E-state index contributed by atoms with van der Waals surface area (Å²) in [5, 5.41) is 11.0. The van der Waals surface area contributed by atoms with Gasteiger partial charge in [0.25, 0.3) is 5.91 Å². The highest BCUT2D eigenvalue weighted by molar-refractivity contribution is 9.10. The third kappa shape index (κ3) is 5.09. The summed E-state index contributed by atoms with van der Waals surface area (Å²) in [7, 11) is -3.73. The molecule has 25 heavy (non-hydrogen) atoms. The molecule has 2 aromatic carbocycles. The smallest absolute Gasteiger partial charge is 0.255 e. The van der Waals surface area contributed by atoms with Crippen molar-refractivity contribution in [2.45, 2.75) is 11.3 Å². The molecule has 1 amide bonds. The topological polar surface area (TPSA) is 99.1 Å². The highest BCUT2D eigenvalue weighted by Gasteiger charge is 2.15. The number of sulfonamides is 1. The van der Waals surface area contributed by atoms with E-state index in [1.807, 2.05) is 6.07 Å². The van der Waals surface area contributed by atoms with Crippen LogP contribution >= 0.6 is 15.9 Å². The van der Waals surface area contributed by atoms with Crippen LogP contribution in [0.1, 0.15) is 16.8 Å². The highest BCUT2D eigenvalue weighted by Crippen LogP contribution is 2.23. The van der Waals surface area contributed by atoms with E-state index in [0.29, 0.717) is 10.2 Å². The molecule has 2 N–H and O–H groups in total. The quantitative estimate of drug-likeness (QED) is 0.694. The molecular formula is C16H13BrFN3O3S. The number of benzene rings is 2. The summed E-state index contributed by atoms with van der Waals surface area (Å²) in [4.78, 5) is 12.2. The van der Waals surface area contributed by atoms with Gasteiger partial charge in [-0.3, -0.25) is 4.79 Å². The van der Waals surface area contributed by atoms with Crippen LogP contribution in [-0.2, 0) is 10.0 Å². The number of hydrogen-bond donors (Lipinski definition) is 2.